The van der Waals surface area contributed by atoms with E-state index in [-0.39, 0.29) is 16.6 Å². The third-order valence-electron chi connectivity index (χ3n) is 7.98. The molecule has 2 aliphatic rings. The number of benzene rings is 3. The molecule has 4 heteroatoms. The van der Waals surface area contributed by atoms with Crippen LogP contribution in [0.25, 0.3) is 0 Å². The summed E-state index contributed by atoms with van der Waals surface area (Å²) >= 11 is 3.54. The summed E-state index contributed by atoms with van der Waals surface area (Å²) in [5, 5.41) is 2.61. The van der Waals surface area contributed by atoms with Gasteiger partial charge in [0.25, 0.3) is 8.32 Å². The summed E-state index contributed by atoms with van der Waals surface area (Å²) in [6, 6.07) is 27.9. The van der Waals surface area contributed by atoms with E-state index in [0.29, 0.717) is 5.78 Å². The van der Waals surface area contributed by atoms with Crippen LogP contribution >= 0.6 is 15.9 Å². The van der Waals surface area contributed by atoms with Crippen LogP contribution in [0.1, 0.15) is 62.4 Å². The summed E-state index contributed by atoms with van der Waals surface area (Å²) in [4.78, 5) is 13.5. The fraction of sp³-hybridized carbons (Fsp3) is 0.367. The van der Waals surface area contributed by atoms with Gasteiger partial charge in [0.05, 0.1) is 0 Å². The second kappa shape index (κ2) is 8.89. The number of carbonyl (C=O) groups is 1. The molecule has 1 saturated carbocycles. The third-order valence-corrected chi connectivity index (χ3v) is 13.6. The lowest BCUT2D eigenvalue weighted by molar-refractivity contribution is 0.0555. The Bertz CT molecular complexity index is 1140. The van der Waals surface area contributed by atoms with Crippen LogP contribution in [0, 0.1) is 5.41 Å². The van der Waals surface area contributed by atoms with Crippen LogP contribution in [-0.4, -0.2) is 20.2 Å². The van der Waals surface area contributed by atoms with Crippen LogP contribution in [0.2, 0.25) is 5.04 Å². The van der Waals surface area contributed by atoms with Crippen LogP contribution in [-0.2, 0) is 10.8 Å². The van der Waals surface area contributed by atoms with E-state index in [2.05, 4.69) is 109 Å². The van der Waals surface area contributed by atoms with Crippen molar-refractivity contribution in [3.05, 3.63) is 94.5 Å². The molecule has 0 N–H and O–H groups in total. The number of halogens is 1. The van der Waals surface area contributed by atoms with Crippen molar-refractivity contribution in [1.29, 1.82) is 0 Å². The molecule has 0 amide bonds. The lowest BCUT2D eigenvalue weighted by Gasteiger charge is -2.47. The standard InChI is InChI=1S/C30H33BrO2Si/c1-29(2,3)34(25-10-6-4-7-11-25,26-12-8-5-9-13-26)33-24-16-18-30(19-17-24)21-22-14-15-23(31)20-27(22)28(30)32/h4-15,20,24H,16-19,21H2,1-3H3. The molecule has 0 atom stereocenters. The maximum atomic E-state index is 13.5. The Labute approximate surface area is 213 Å². The van der Waals surface area contributed by atoms with Gasteiger partial charge in [0.1, 0.15) is 0 Å². The fourth-order valence-electron chi connectivity index (χ4n) is 6.25. The van der Waals surface area contributed by atoms with Crippen molar-refractivity contribution in [1.82, 2.24) is 0 Å². The molecule has 0 saturated heterocycles. The number of rotatable bonds is 4. The van der Waals surface area contributed by atoms with Gasteiger partial charge in [-0.05, 0) is 65.2 Å². The van der Waals surface area contributed by atoms with Gasteiger partial charge in [0.15, 0.2) is 5.78 Å². The maximum absolute atomic E-state index is 13.5. The number of carbonyl (C=O) groups excluding carboxylic acids is 1. The zero-order chi connectivity index (χ0) is 24.0. The highest BCUT2D eigenvalue weighted by Crippen LogP contribution is 2.49. The predicted octanol–water partition coefficient (Wildman–Crippen LogP) is 6.69. The molecule has 0 bridgehead atoms. The number of hydrogen-bond donors (Lipinski definition) is 0. The van der Waals surface area contributed by atoms with Crippen LogP contribution in [0.15, 0.2) is 83.3 Å². The summed E-state index contributed by atoms with van der Waals surface area (Å²) in [5.74, 6) is 0.340. The van der Waals surface area contributed by atoms with E-state index in [4.69, 9.17) is 4.43 Å². The Morgan fingerprint density at radius 1 is 0.882 bits per heavy atom. The Morgan fingerprint density at radius 3 is 1.97 bits per heavy atom. The summed E-state index contributed by atoms with van der Waals surface area (Å²) < 4.78 is 8.36. The second-order valence-electron chi connectivity index (χ2n) is 11.1. The Morgan fingerprint density at radius 2 is 1.44 bits per heavy atom. The van der Waals surface area contributed by atoms with E-state index >= 15 is 0 Å². The monoisotopic (exact) mass is 532 g/mol. The van der Waals surface area contributed by atoms with Crippen LogP contribution in [0.4, 0.5) is 0 Å². The highest BCUT2D eigenvalue weighted by atomic mass is 79.9. The summed E-state index contributed by atoms with van der Waals surface area (Å²) in [5.41, 5.74) is 1.88. The fourth-order valence-corrected chi connectivity index (χ4v) is 11.4. The quantitative estimate of drug-likeness (QED) is 0.349. The predicted molar refractivity (Wildman–Crippen MR) is 146 cm³/mol. The molecule has 3 aromatic rings. The number of fused-ring (bicyclic) bond motifs is 1. The smallest absolute Gasteiger partial charge is 0.261 e. The van der Waals surface area contributed by atoms with Crippen LogP contribution in [0.5, 0.6) is 0 Å². The van der Waals surface area contributed by atoms with Gasteiger partial charge in [-0.15, -0.1) is 0 Å². The van der Waals surface area contributed by atoms with Gasteiger partial charge in [-0.3, -0.25) is 4.79 Å². The Hall–Kier alpha value is -2.01. The van der Waals surface area contributed by atoms with Crippen LogP contribution < -0.4 is 10.4 Å². The average molecular weight is 534 g/mol. The van der Waals surface area contributed by atoms with Crippen molar-refractivity contribution in [2.24, 2.45) is 5.41 Å². The molecule has 0 unspecified atom stereocenters. The molecule has 5 rings (SSSR count). The molecule has 0 heterocycles. The van der Waals surface area contributed by atoms with E-state index in [9.17, 15) is 4.79 Å². The Kier molecular flexibility index (Phi) is 6.20. The molecule has 2 nitrogen and oxygen atoms in total. The van der Waals surface area contributed by atoms with Gasteiger partial charge < -0.3 is 4.43 Å². The molecular formula is C30H33BrO2Si. The number of hydrogen-bond acceptors (Lipinski definition) is 2. The maximum Gasteiger partial charge on any atom is 0.261 e. The lowest BCUT2D eigenvalue weighted by Crippen LogP contribution is -2.68. The molecule has 3 aromatic carbocycles. The minimum Gasteiger partial charge on any atom is -0.404 e. The Balaban J connectivity index is 1.45. The first-order chi connectivity index (χ1) is 16.3. The van der Waals surface area contributed by atoms with Crippen molar-refractivity contribution < 1.29 is 9.22 Å². The van der Waals surface area contributed by atoms with Gasteiger partial charge in [0, 0.05) is 21.6 Å². The minimum absolute atomic E-state index is 0.0312. The first kappa shape index (κ1) is 23.7. The number of ketones is 1. The molecular weight excluding hydrogens is 500 g/mol. The van der Waals surface area contributed by atoms with E-state index in [1.54, 1.807) is 0 Å². The highest BCUT2D eigenvalue weighted by Gasteiger charge is 2.53. The highest BCUT2D eigenvalue weighted by molar-refractivity contribution is 9.10. The molecule has 34 heavy (non-hydrogen) atoms. The largest absolute Gasteiger partial charge is 0.404 e. The zero-order valence-corrected chi connectivity index (χ0v) is 22.9. The first-order valence-electron chi connectivity index (χ1n) is 12.4. The van der Waals surface area contributed by atoms with Gasteiger partial charge in [-0.1, -0.05) is 103 Å². The van der Waals surface area contributed by atoms with Gasteiger partial charge in [0.2, 0.25) is 0 Å². The van der Waals surface area contributed by atoms with Crippen molar-refractivity contribution in [2.75, 3.05) is 0 Å². The molecule has 0 radical (unpaired) electrons. The molecule has 0 aromatic heterocycles. The summed E-state index contributed by atoms with van der Waals surface area (Å²) in [6.07, 6.45) is 4.72. The van der Waals surface area contributed by atoms with Gasteiger partial charge in [-0.25, -0.2) is 0 Å². The zero-order valence-electron chi connectivity index (χ0n) is 20.3. The number of Topliss-reactive ketones (excluding diaryl/α,β-unsaturated/α-hetero) is 1. The topological polar surface area (TPSA) is 26.3 Å². The van der Waals surface area contributed by atoms with Crippen molar-refractivity contribution in [3.8, 4) is 0 Å². The normalized spacial score (nSPS) is 22.7. The van der Waals surface area contributed by atoms with Gasteiger partial charge in [-0.2, -0.15) is 0 Å². The molecule has 1 fully saturated rings. The first-order valence-corrected chi connectivity index (χ1v) is 15.1. The van der Waals surface area contributed by atoms with Gasteiger partial charge >= 0.3 is 0 Å². The summed E-state index contributed by atoms with van der Waals surface area (Å²) in [7, 11) is -2.57. The van der Waals surface area contributed by atoms with E-state index in [1.807, 2.05) is 6.07 Å². The third kappa shape index (κ3) is 3.94. The van der Waals surface area contributed by atoms with E-state index in [0.717, 1.165) is 42.1 Å². The van der Waals surface area contributed by atoms with Crippen molar-refractivity contribution in [2.45, 2.75) is 64.0 Å². The molecule has 176 valence electrons. The molecule has 2 aliphatic carbocycles. The summed E-state index contributed by atoms with van der Waals surface area (Å²) in [6.45, 7) is 7.00. The molecule has 0 aliphatic heterocycles. The minimum atomic E-state index is -2.57. The second-order valence-corrected chi connectivity index (χ2v) is 16.2. The van der Waals surface area contributed by atoms with Crippen molar-refractivity contribution in [3.63, 3.8) is 0 Å². The SMILES string of the molecule is CC(C)(C)[Si](OC1CCC2(CC1)Cc1ccc(Br)cc1C2=O)(c1ccccc1)c1ccccc1. The molecule has 1 spiro atoms. The van der Waals surface area contributed by atoms with Crippen LogP contribution in [0.3, 0.4) is 0 Å². The lowest BCUT2D eigenvalue weighted by atomic mass is 9.70. The van der Waals surface area contributed by atoms with E-state index in [1.165, 1.54) is 15.9 Å². The van der Waals surface area contributed by atoms with E-state index < -0.39 is 8.32 Å². The average Bonchev–Trinajstić information content (AvgIpc) is 3.10. The van der Waals surface area contributed by atoms with Crippen molar-refractivity contribution >= 4 is 40.4 Å².